The summed E-state index contributed by atoms with van der Waals surface area (Å²) in [4.78, 5) is 15.7. The highest BCUT2D eigenvalue weighted by Gasteiger charge is 2.31. The van der Waals surface area contributed by atoms with Crippen LogP contribution in [0.15, 0.2) is 18.3 Å². The Bertz CT molecular complexity index is 455. The molecule has 0 aromatic carbocycles. The van der Waals surface area contributed by atoms with Crippen LogP contribution in [-0.2, 0) is 0 Å². The van der Waals surface area contributed by atoms with Gasteiger partial charge in [-0.2, -0.15) is 5.26 Å². The fourth-order valence-corrected chi connectivity index (χ4v) is 1.94. The number of nitriles is 1. The summed E-state index contributed by atoms with van der Waals surface area (Å²) in [5.74, 6) is -0.164. The van der Waals surface area contributed by atoms with E-state index in [-0.39, 0.29) is 11.3 Å². The topological polar surface area (TPSA) is 65.8 Å². The van der Waals surface area contributed by atoms with E-state index >= 15 is 0 Å². The third-order valence-electron chi connectivity index (χ3n) is 3.36. The molecule has 1 aliphatic carbocycles. The van der Waals surface area contributed by atoms with Crippen molar-refractivity contribution in [2.24, 2.45) is 5.41 Å². The molecule has 1 saturated carbocycles. The Kier molecular flexibility index (Phi) is 3.10. The third kappa shape index (κ3) is 2.62. The molecule has 4 heteroatoms. The average Bonchev–Trinajstić information content (AvgIpc) is 2.33. The summed E-state index contributed by atoms with van der Waals surface area (Å²) in [6.45, 7) is 2.89. The molecule has 0 bridgehead atoms. The first-order valence-electron chi connectivity index (χ1n) is 5.77. The zero-order valence-electron chi connectivity index (χ0n) is 9.86. The van der Waals surface area contributed by atoms with E-state index in [1.54, 1.807) is 12.1 Å². The highest BCUT2D eigenvalue weighted by molar-refractivity contribution is 5.92. The van der Waals surface area contributed by atoms with Crippen molar-refractivity contribution in [3.8, 4) is 6.07 Å². The van der Waals surface area contributed by atoms with Gasteiger partial charge in [-0.15, -0.1) is 0 Å². The zero-order chi connectivity index (χ0) is 12.3. The fraction of sp³-hybridized carbons (Fsp3) is 0.462. The van der Waals surface area contributed by atoms with Gasteiger partial charge in [-0.05, 0) is 30.4 Å². The summed E-state index contributed by atoms with van der Waals surface area (Å²) in [5.41, 5.74) is 1.10. The minimum absolute atomic E-state index is 0.164. The lowest BCUT2D eigenvalue weighted by Crippen LogP contribution is -2.40. The molecule has 1 amide bonds. The van der Waals surface area contributed by atoms with Crippen molar-refractivity contribution in [2.75, 3.05) is 6.54 Å². The molecule has 1 N–H and O–H groups in total. The molecule has 1 aromatic heterocycles. The quantitative estimate of drug-likeness (QED) is 0.860. The van der Waals surface area contributed by atoms with Gasteiger partial charge in [-0.1, -0.05) is 13.3 Å². The predicted octanol–water partition coefficient (Wildman–Crippen LogP) is 1.87. The standard InChI is InChI=1S/C13H15N3O/c1-13(5-2-6-13)9-16-12(17)11-4-3-10(7-14)8-15-11/h3-4,8H,2,5-6,9H2,1H3,(H,16,17). The molecule has 0 unspecified atom stereocenters. The van der Waals surface area contributed by atoms with Crippen LogP contribution in [0.4, 0.5) is 0 Å². The van der Waals surface area contributed by atoms with Crippen LogP contribution in [0.3, 0.4) is 0 Å². The summed E-state index contributed by atoms with van der Waals surface area (Å²) >= 11 is 0. The predicted molar refractivity (Wildman–Crippen MR) is 63.2 cm³/mol. The first-order chi connectivity index (χ1) is 8.13. The number of aromatic nitrogens is 1. The normalized spacial score (nSPS) is 16.7. The number of amides is 1. The monoisotopic (exact) mass is 229 g/mol. The van der Waals surface area contributed by atoms with E-state index < -0.39 is 0 Å². The maximum Gasteiger partial charge on any atom is 0.269 e. The molecule has 0 saturated heterocycles. The van der Waals surface area contributed by atoms with Gasteiger partial charge >= 0.3 is 0 Å². The SMILES string of the molecule is CC1(CNC(=O)c2ccc(C#N)cn2)CCC1. The van der Waals surface area contributed by atoms with Crippen LogP contribution < -0.4 is 5.32 Å². The number of carbonyl (C=O) groups is 1. The second-order valence-electron chi connectivity index (χ2n) is 4.89. The van der Waals surface area contributed by atoms with E-state index in [2.05, 4.69) is 17.2 Å². The minimum Gasteiger partial charge on any atom is -0.350 e. The van der Waals surface area contributed by atoms with Gasteiger partial charge in [0, 0.05) is 12.7 Å². The highest BCUT2D eigenvalue weighted by Crippen LogP contribution is 2.39. The van der Waals surface area contributed by atoms with E-state index in [4.69, 9.17) is 5.26 Å². The first kappa shape index (κ1) is 11.6. The van der Waals surface area contributed by atoms with Crippen LogP contribution in [0.5, 0.6) is 0 Å². The molecule has 0 atom stereocenters. The van der Waals surface area contributed by atoms with Crippen LogP contribution in [-0.4, -0.2) is 17.4 Å². The van der Waals surface area contributed by atoms with Gasteiger partial charge in [0.15, 0.2) is 0 Å². The van der Waals surface area contributed by atoms with E-state index in [1.165, 1.54) is 25.5 Å². The molecule has 88 valence electrons. The van der Waals surface area contributed by atoms with Crippen molar-refractivity contribution in [3.63, 3.8) is 0 Å². The van der Waals surface area contributed by atoms with Gasteiger partial charge < -0.3 is 5.32 Å². The van der Waals surface area contributed by atoms with E-state index in [0.717, 1.165) is 0 Å². The molecular weight excluding hydrogens is 214 g/mol. The molecular formula is C13H15N3O. The second kappa shape index (κ2) is 4.54. The smallest absolute Gasteiger partial charge is 0.269 e. The molecule has 17 heavy (non-hydrogen) atoms. The summed E-state index contributed by atoms with van der Waals surface area (Å²) < 4.78 is 0. The van der Waals surface area contributed by atoms with Gasteiger partial charge in [0.25, 0.3) is 5.91 Å². The Morgan fingerprint density at radius 2 is 2.35 bits per heavy atom. The number of hydrogen-bond acceptors (Lipinski definition) is 3. The van der Waals surface area contributed by atoms with E-state index in [0.29, 0.717) is 17.8 Å². The van der Waals surface area contributed by atoms with Gasteiger partial charge in [0.2, 0.25) is 0 Å². The maximum absolute atomic E-state index is 11.8. The Morgan fingerprint density at radius 3 is 2.82 bits per heavy atom. The minimum atomic E-state index is -0.164. The number of nitrogens with one attached hydrogen (secondary N) is 1. The molecule has 2 rings (SSSR count). The van der Waals surface area contributed by atoms with Gasteiger partial charge in [-0.25, -0.2) is 4.98 Å². The van der Waals surface area contributed by atoms with Crippen molar-refractivity contribution >= 4 is 5.91 Å². The van der Waals surface area contributed by atoms with Crippen LogP contribution in [0.1, 0.15) is 42.2 Å². The first-order valence-corrected chi connectivity index (χ1v) is 5.77. The molecule has 0 radical (unpaired) electrons. The number of carbonyl (C=O) groups excluding carboxylic acids is 1. The highest BCUT2D eigenvalue weighted by atomic mass is 16.1. The molecule has 1 fully saturated rings. The van der Waals surface area contributed by atoms with Crippen molar-refractivity contribution in [1.82, 2.24) is 10.3 Å². The summed E-state index contributed by atoms with van der Waals surface area (Å²) in [6.07, 6.45) is 5.02. The molecule has 0 spiro atoms. The number of rotatable bonds is 3. The number of nitrogens with zero attached hydrogens (tertiary/aromatic N) is 2. The number of pyridine rings is 1. The van der Waals surface area contributed by atoms with E-state index in [1.807, 2.05) is 6.07 Å². The Morgan fingerprint density at radius 1 is 1.59 bits per heavy atom. The Balaban J connectivity index is 1.93. The molecule has 1 aliphatic rings. The van der Waals surface area contributed by atoms with Crippen molar-refractivity contribution in [3.05, 3.63) is 29.6 Å². The lowest BCUT2D eigenvalue weighted by molar-refractivity contribution is 0.0886. The Hall–Kier alpha value is -1.89. The maximum atomic E-state index is 11.8. The third-order valence-corrected chi connectivity index (χ3v) is 3.36. The molecule has 1 aromatic rings. The van der Waals surface area contributed by atoms with Gasteiger partial charge in [0.1, 0.15) is 11.8 Å². The van der Waals surface area contributed by atoms with Crippen molar-refractivity contribution in [2.45, 2.75) is 26.2 Å². The van der Waals surface area contributed by atoms with Gasteiger partial charge in [-0.3, -0.25) is 4.79 Å². The Labute approximate surface area is 101 Å². The van der Waals surface area contributed by atoms with Crippen LogP contribution >= 0.6 is 0 Å². The van der Waals surface area contributed by atoms with Crippen LogP contribution in [0.25, 0.3) is 0 Å². The van der Waals surface area contributed by atoms with E-state index in [9.17, 15) is 4.79 Å². The lowest BCUT2D eigenvalue weighted by atomic mass is 9.70. The summed E-state index contributed by atoms with van der Waals surface area (Å²) in [7, 11) is 0. The number of hydrogen-bond donors (Lipinski definition) is 1. The lowest BCUT2D eigenvalue weighted by Gasteiger charge is -2.38. The fourth-order valence-electron chi connectivity index (χ4n) is 1.94. The summed E-state index contributed by atoms with van der Waals surface area (Å²) in [5, 5.41) is 11.5. The second-order valence-corrected chi connectivity index (χ2v) is 4.89. The van der Waals surface area contributed by atoms with Crippen LogP contribution in [0, 0.1) is 16.7 Å². The van der Waals surface area contributed by atoms with Gasteiger partial charge in [0.05, 0.1) is 5.56 Å². The van der Waals surface area contributed by atoms with Crippen LogP contribution in [0.2, 0.25) is 0 Å². The summed E-state index contributed by atoms with van der Waals surface area (Å²) in [6, 6.07) is 5.16. The van der Waals surface area contributed by atoms with Crippen molar-refractivity contribution < 1.29 is 4.79 Å². The average molecular weight is 229 g/mol. The molecule has 1 heterocycles. The van der Waals surface area contributed by atoms with Crippen molar-refractivity contribution in [1.29, 1.82) is 5.26 Å². The molecule has 0 aliphatic heterocycles. The molecule has 4 nitrogen and oxygen atoms in total. The largest absolute Gasteiger partial charge is 0.350 e. The zero-order valence-corrected chi connectivity index (χ0v) is 9.86.